The Balaban J connectivity index is 1.67. The summed E-state index contributed by atoms with van der Waals surface area (Å²) in [6.45, 7) is 3.13. The summed E-state index contributed by atoms with van der Waals surface area (Å²) in [5, 5.41) is 3.07. The molecule has 1 aliphatic rings. The van der Waals surface area contributed by atoms with Gasteiger partial charge in [0.2, 0.25) is 0 Å². The Morgan fingerprint density at radius 3 is 2.50 bits per heavy atom. The summed E-state index contributed by atoms with van der Waals surface area (Å²) >= 11 is 0. The van der Waals surface area contributed by atoms with Gasteiger partial charge in [0.1, 0.15) is 0 Å². The van der Waals surface area contributed by atoms with Gasteiger partial charge in [0.25, 0.3) is 5.91 Å². The van der Waals surface area contributed by atoms with Crippen molar-refractivity contribution in [1.82, 2.24) is 5.32 Å². The molecule has 0 saturated heterocycles. The summed E-state index contributed by atoms with van der Waals surface area (Å²) in [6, 6.07) is 15.7. The van der Waals surface area contributed by atoms with Crippen LogP contribution in [-0.2, 0) is 5.41 Å². The standard InChI is InChI=1S/C20H23NO3/c1-3-24-17-10-9-15(13-18(17)23-2)19(22)21-14-20(11-12-20)16-7-5-4-6-8-16/h4-10,13H,3,11-12,14H2,1-2H3,(H,21,22). The van der Waals surface area contributed by atoms with Crippen molar-refractivity contribution in [2.24, 2.45) is 0 Å². The molecule has 1 N–H and O–H groups in total. The van der Waals surface area contributed by atoms with Crippen molar-refractivity contribution in [3.05, 3.63) is 59.7 Å². The van der Waals surface area contributed by atoms with Crippen molar-refractivity contribution < 1.29 is 14.3 Å². The molecule has 0 aliphatic heterocycles. The Bertz CT molecular complexity index is 708. The van der Waals surface area contributed by atoms with E-state index in [1.54, 1.807) is 25.3 Å². The molecule has 3 rings (SSSR count). The minimum Gasteiger partial charge on any atom is -0.493 e. The largest absolute Gasteiger partial charge is 0.493 e. The number of rotatable bonds is 7. The zero-order valence-corrected chi connectivity index (χ0v) is 14.2. The third-order valence-electron chi connectivity index (χ3n) is 4.55. The average Bonchev–Trinajstić information content (AvgIpc) is 3.42. The highest BCUT2D eigenvalue weighted by Gasteiger charge is 2.44. The molecule has 0 radical (unpaired) electrons. The van der Waals surface area contributed by atoms with Crippen LogP contribution in [0.3, 0.4) is 0 Å². The first-order chi connectivity index (χ1) is 11.7. The number of amides is 1. The van der Waals surface area contributed by atoms with Gasteiger partial charge in [-0.15, -0.1) is 0 Å². The third kappa shape index (κ3) is 3.37. The second-order valence-electron chi connectivity index (χ2n) is 6.13. The van der Waals surface area contributed by atoms with Crippen LogP contribution in [-0.4, -0.2) is 26.2 Å². The van der Waals surface area contributed by atoms with E-state index in [2.05, 4.69) is 29.6 Å². The van der Waals surface area contributed by atoms with E-state index in [0.29, 0.717) is 30.2 Å². The van der Waals surface area contributed by atoms with Crippen molar-refractivity contribution in [2.75, 3.05) is 20.3 Å². The topological polar surface area (TPSA) is 47.6 Å². The number of methoxy groups -OCH3 is 1. The smallest absolute Gasteiger partial charge is 0.251 e. The molecule has 0 atom stereocenters. The van der Waals surface area contributed by atoms with Crippen LogP contribution in [0.15, 0.2) is 48.5 Å². The first kappa shape index (κ1) is 16.4. The lowest BCUT2D eigenvalue weighted by molar-refractivity contribution is 0.0949. The fourth-order valence-corrected chi connectivity index (χ4v) is 2.95. The summed E-state index contributed by atoms with van der Waals surface area (Å²) in [4.78, 5) is 12.5. The third-order valence-corrected chi connectivity index (χ3v) is 4.55. The van der Waals surface area contributed by atoms with Crippen LogP contribution in [0, 0.1) is 0 Å². The molecular weight excluding hydrogens is 302 g/mol. The molecule has 4 heteroatoms. The molecule has 2 aromatic rings. The fourth-order valence-electron chi connectivity index (χ4n) is 2.95. The molecule has 0 bridgehead atoms. The Morgan fingerprint density at radius 2 is 1.88 bits per heavy atom. The second kappa shape index (κ2) is 6.95. The number of hydrogen-bond acceptors (Lipinski definition) is 3. The van der Waals surface area contributed by atoms with Gasteiger partial charge in [-0.05, 0) is 43.5 Å². The van der Waals surface area contributed by atoms with Crippen LogP contribution in [0.25, 0.3) is 0 Å². The van der Waals surface area contributed by atoms with Gasteiger partial charge in [0.05, 0.1) is 13.7 Å². The Kier molecular flexibility index (Phi) is 4.74. The van der Waals surface area contributed by atoms with Crippen molar-refractivity contribution in [1.29, 1.82) is 0 Å². The van der Waals surface area contributed by atoms with Crippen molar-refractivity contribution in [3.8, 4) is 11.5 Å². The SMILES string of the molecule is CCOc1ccc(C(=O)NCC2(c3ccccc3)CC2)cc1OC. The van der Waals surface area contributed by atoms with E-state index in [-0.39, 0.29) is 11.3 Å². The maximum atomic E-state index is 12.5. The van der Waals surface area contributed by atoms with Gasteiger partial charge in [-0.2, -0.15) is 0 Å². The zero-order valence-electron chi connectivity index (χ0n) is 14.2. The van der Waals surface area contributed by atoms with Gasteiger partial charge < -0.3 is 14.8 Å². The fraction of sp³-hybridized carbons (Fsp3) is 0.350. The normalized spacial score (nSPS) is 14.8. The molecule has 1 fully saturated rings. The molecule has 2 aromatic carbocycles. The van der Waals surface area contributed by atoms with Crippen LogP contribution in [0.2, 0.25) is 0 Å². The van der Waals surface area contributed by atoms with Crippen LogP contribution < -0.4 is 14.8 Å². The number of carbonyl (C=O) groups is 1. The summed E-state index contributed by atoms with van der Waals surface area (Å²) in [5.41, 5.74) is 1.99. The predicted octanol–water partition coefficient (Wildman–Crippen LogP) is 3.56. The Hall–Kier alpha value is -2.49. The molecule has 126 valence electrons. The van der Waals surface area contributed by atoms with Crippen LogP contribution >= 0.6 is 0 Å². The molecule has 4 nitrogen and oxygen atoms in total. The number of nitrogens with one attached hydrogen (secondary N) is 1. The van der Waals surface area contributed by atoms with E-state index in [0.717, 1.165) is 12.8 Å². The number of benzene rings is 2. The first-order valence-corrected chi connectivity index (χ1v) is 8.33. The first-order valence-electron chi connectivity index (χ1n) is 8.33. The van der Waals surface area contributed by atoms with Crippen molar-refractivity contribution in [3.63, 3.8) is 0 Å². The lowest BCUT2D eigenvalue weighted by Gasteiger charge is -2.17. The van der Waals surface area contributed by atoms with E-state index >= 15 is 0 Å². The van der Waals surface area contributed by atoms with Gasteiger partial charge >= 0.3 is 0 Å². The van der Waals surface area contributed by atoms with Gasteiger partial charge in [0, 0.05) is 17.5 Å². The van der Waals surface area contributed by atoms with Gasteiger partial charge in [0.15, 0.2) is 11.5 Å². The number of carbonyl (C=O) groups excluding carboxylic acids is 1. The van der Waals surface area contributed by atoms with E-state index in [9.17, 15) is 4.79 Å². The molecule has 0 heterocycles. The van der Waals surface area contributed by atoms with E-state index in [1.807, 2.05) is 13.0 Å². The van der Waals surface area contributed by atoms with Gasteiger partial charge in [-0.3, -0.25) is 4.79 Å². The second-order valence-corrected chi connectivity index (χ2v) is 6.13. The quantitative estimate of drug-likeness (QED) is 0.847. The summed E-state index contributed by atoms with van der Waals surface area (Å²) < 4.78 is 10.8. The molecule has 1 amide bonds. The summed E-state index contributed by atoms with van der Waals surface area (Å²) in [5.74, 6) is 1.15. The van der Waals surface area contributed by atoms with Crippen LogP contribution in [0.1, 0.15) is 35.7 Å². The molecule has 0 aromatic heterocycles. The Morgan fingerprint density at radius 1 is 1.12 bits per heavy atom. The average molecular weight is 325 g/mol. The maximum absolute atomic E-state index is 12.5. The van der Waals surface area contributed by atoms with E-state index in [1.165, 1.54) is 5.56 Å². The van der Waals surface area contributed by atoms with Crippen molar-refractivity contribution in [2.45, 2.75) is 25.2 Å². The van der Waals surface area contributed by atoms with Crippen LogP contribution in [0.4, 0.5) is 0 Å². The van der Waals surface area contributed by atoms with Crippen molar-refractivity contribution >= 4 is 5.91 Å². The van der Waals surface area contributed by atoms with Crippen LogP contribution in [0.5, 0.6) is 11.5 Å². The lowest BCUT2D eigenvalue weighted by Crippen LogP contribution is -2.32. The maximum Gasteiger partial charge on any atom is 0.251 e. The molecule has 0 spiro atoms. The van der Waals surface area contributed by atoms with Gasteiger partial charge in [-0.25, -0.2) is 0 Å². The molecule has 1 saturated carbocycles. The number of hydrogen-bond donors (Lipinski definition) is 1. The highest BCUT2D eigenvalue weighted by molar-refractivity contribution is 5.95. The zero-order chi connectivity index (χ0) is 17.0. The summed E-state index contributed by atoms with van der Waals surface area (Å²) in [7, 11) is 1.58. The molecule has 1 aliphatic carbocycles. The highest BCUT2D eigenvalue weighted by atomic mass is 16.5. The highest BCUT2D eigenvalue weighted by Crippen LogP contribution is 2.47. The van der Waals surface area contributed by atoms with Gasteiger partial charge in [-0.1, -0.05) is 30.3 Å². The predicted molar refractivity (Wildman–Crippen MR) is 93.9 cm³/mol. The number of ether oxygens (including phenoxy) is 2. The molecule has 0 unspecified atom stereocenters. The molecule has 24 heavy (non-hydrogen) atoms. The minimum absolute atomic E-state index is 0.0847. The molecular formula is C20H23NO3. The summed E-state index contributed by atoms with van der Waals surface area (Å²) in [6.07, 6.45) is 2.23. The minimum atomic E-state index is -0.0847. The monoisotopic (exact) mass is 325 g/mol. The Labute approximate surface area is 142 Å². The van der Waals surface area contributed by atoms with E-state index < -0.39 is 0 Å². The lowest BCUT2D eigenvalue weighted by atomic mass is 9.96. The van der Waals surface area contributed by atoms with E-state index in [4.69, 9.17) is 9.47 Å².